The summed E-state index contributed by atoms with van der Waals surface area (Å²) in [6.07, 6.45) is 5.11. The Morgan fingerprint density at radius 2 is 1.86 bits per heavy atom. The first-order chi connectivity index (χ1) is 6.65. The van der Waals surface area contributed by atoms with E-state index in [9.17, 15) is 0 Å². The predicted molar refractivity (Wildman–Crippen MR) is 61.0 cm³/mol. The molecule has 0 spiro atoms. The second kappa shape index (κ2) is 5.35. The van der Waals surface area contributed by atoms with Crippen molar-refractivity contribution >= 4 is 5.84 Å². The lowest BCUT2D eigenvalue weighted by Crippen LogP contribution is -2.38. The zero-order chi connectivity index (χ0) is 10.6. The minimum absolute atomic E-state index is 0.431. The molecule has 0 bridgehead atoms. The Bertz CT molecular complexity index is 193. The van der Waals surface area contributed by atoms with Gasteiger partial charge in [0.25, 0.3) is 0 Å². The molecule has 1 unspecified atom stereocenters. The van der Waals surface area contributed by atoms with Gasteiger partial charge in [-0.25, -0.2) is 5.84 Å². The molecular formula is C11H23N3. The Morgan fingerprint density at radius 1 is 1.29 bits per heavy atom. The zero-order valence-corrected chi connectivity index (χ0v) is 9.59. The molecule has 0 amide bonds. The summed E-state index contributed by atoms with van der Waals surface area (Å²) >= 11 is 0. The van der Waals surface area contributed by atoms with Gasteiger partial charge in [-0.2, -0.15) is 0 Å². The normalized spacial score (nSPS) is 21.6. The number of hydrogen-bond donors (Lipinski definition) is 2. The van der Waals surface area contributed by atoms with E-state index in [4.69, 9.17) is 10.8 Å². The van der Waals surface area contributed by atoms with Gasteiger partial charge in [-0.15, -0.1) is 0 Å². The summed E-state index contributed by atoms with van der Waals surface area (Å²) in [6, 6.07) is 0.516. The van der Waals surface area contributed by atoms with Gasteiger partial charge in [0.15, 0.2) is 0 Å². The smallest absolute Gasteiger partial charge is 0.114 e. The summed E-state index contributed by atoms with van der Waals surface area (Å²) in [7, 11) is 0. The van der Waals surface area contributed by atoms with E-state index in [1.807, 2.05) is 0 Å². The Labute approximate surface area is 87.1 Å². The van der Waals surface area contributed by atoms with Crippen LogP contribution in [0.1, 0.15) is 46.5 Å². The number of nitrogens with zero attached hydrogens (tertiary/aromatic N) is 1. The van der Waals surface area contributed by atoms with Crippen LogP contribution in [0.3, 0.4) is 0 Å². The van der Waals surface area contributed by atoms with E-state index in [1.165, 1.54) is 25.7 Å². The number of nitrogens with two attached hydrogens (primary N) is 1. The molecule has 1 rings (SSSR count). The minimum Gasteiger partial charge on any atom is -0.312 e. The fourth-order valence-corrected chi connectivity index (χ4v) is 1.83. The first kappa shape index (κ1) is 11.5. The van der Waals surface area contributed by atoms with Crippen LogP contribution in [0.15, 0.2) is 4.99 Å². The average molecular weight is 197 g/mol. The van der Waals surface area contributed by atoms with Crippen LogP contribution in [0.2, 0.25) is 0 Å². The second-order valence-electron chi connectivity index (χ2n) is 4.63. The molecule has 1 saturated carbocycles. The maximum absolute atomic E-state index is 5.51. The molecule has 3 N–H and O–H groups in total. The molecule has 0 aromatic rings. The van der Waals surface area contributed by atoms with Crippen LogP contribution in [-0.4, -0.2) is 11.9 Å². The van der Waals surface area contributed by atoms with E-state index in [0.717, 1.165) is 5.84 Å². The summed E-state index contributed by atoms with van der Waals surface area (Å²) in [6.45, 7) is 6.58. The van der Waals surface area contributed by atoms with E-state index >= 15 is 0 Å². The van der Waals surface area contributed by atoms with E-state index in [1.54, 1.807) is 0 Å². The van der Waals surface area contributed by atoms with Crippen molar-refractivity contribution in [3.05, 3.63) is 0 Å². The molecule has 82 valence electrons. The number of amidine groups is 1. The van der Waals surface area contributed by atoms with Gasteiger partial charge in [-0.3, -0.25) is 4.99 Å². The van der Waals surface area contributed by atoms with Crippen LogP contribution < -0.4 is 11.3 Å². The van der Waals surface area contributed by atoms with E-state index in [-0.39, 0.29) is 0 Å². The number of hydrazine groups is 1. The molecule has 1 atom stereocenters. The van der Waals surface area contributed by atoms with Crippen molar-refractivity contribution in [2.75, 3.05) is 0 Å². The minimum atomic E-state index is 0.431. The van der Waals surface area contributed by atoms with Gasteiger partial charge in [-0.05, 0) is 18.8 Å². The molecule has 0 aromatic heterocycles. The third-order valence-corrected chi connectivity index (χ3v) is 3.23. The zero-order valence-electron chi connectivity index (χ0n) is 9.59. The molecule has 14 heavy (non-hydrogen) atoms. The molecule has 3 nitrogen and oxygen atoms in total. The third-order valence-electron chi connectivity index (χ3n) is 3.23. The predicted octanol–water partition coefficient (Wildman–Crippen LogP) is 2.08. The highest BCUT2D eigenvalue weighted by Gasteiger charge is 2.18. The SMILES string of the molecule is CC(C)C(C)C(=NC1CCCC1)NN. The van der Waals surface area contributed by atoms with Crippen molar-refractivity contribution in [2.24, 2.45) is 22.7 Å². The van der Waals surface area contributed by atoms with Crippen LogP contribution >= 0.6 is 0 Å². The van der Waals surface area contributed by atoms with Crippen molar-refractivity contribution < 1.29 is 0 Å². The van der Waals surface area contributed by atoms with Gasteiger partial charge < -0.3 is 5.43 Å². The highest BCUT2D eigenvalue weighted by atomic mass is 15.3. The lowest BCUT2D eigenvalue weighted by atomic mass is 9.97. The van der Waals surface area contributed by atoms with Gasteiger partial charge in [0, 0.05) is 5.92 Å². The molecule has 1 aliphatic carbocycles. The van der Waals surface area contributed by atoms with Crippen LogP contribution in [0.25, 0.3) is 0 Å². The fourth-order valence-electron chi connectivity index (χ4n) is 1.83. The fraction of sp³-hybridized carbons (Fsp3) is 0.909. The lowest BCUT2D eigenvalue weighted by molar-refractivity contribution is 0.513. The van der Waals surface area contributed by atoms with Crippen LogP contribution in [0.4, 0.5) is 0 Å². The molecule has 0 aliphatic heterocycles. The summed E-state index contributed by atoms with van der Waals surface area (Å²) < 4.78 is 0. The molecular weight excluding hydrogens is 174 g/mol. The summed E-state index contributed by atoms with van der Waals surface area (Å²) in [4.78, 5) is 4.70. The maximum Gasteiger partial charge on any atom is 0.114 e. The molecule has 1 fully saturated rings. The summed E-state index contributed by atoms with van der Waals surface area (Å²) in [5.41, 5.74) is 2.76. The van der Waals surface area contributed by atoms with Crippen molar-refractivity contribution in [1.29, 1.82) is 0 Å². The molecule has 0 saturated heterocycles. The largest absolute Gasteiger partial charge is 0.312 e. The third kappa shape index (κ3) is 2.98. The molecule has 1 aliphatic rings. The van der Waals surface area contributed by atoms with Crippen LogP contribution in [0, 0.1) is 11.8 Å². The quantitative estimate of drug-likeness (QED) is 0.315. The van der Waals surface area contributed by atoms with E-state index in [0.29, 0.717) is 17.9 Å². The van der Waals surface area contributed by atoms with Gasteiger partial charge >= 0.3 is 0 Å². The van der Waals surface area contributed by atoms with Gasteiger partial charge in [0.2, 0.25) is 0 Å². The van der Waals surface area contributed by atoms with Gasteiger partial charge in [0.05, 0.1) is 6.04 Å². The lowest BCUT2D eigenvalue weighted by Gasteiger charge is -2.19. The highest BCUT2D eigenvalue weighted by Crippen LogP contribution is 2.22. The molecule has 0 aromatic carbocycles. The summed E-state index contributed by atoms with van der Waals surface area (Å²) in [5.74, 6) is 7.51. The van der Waals surface area contributed by atoms with E-state index in [2.05, 4.69) is 26.2 Å². The Hall–Kier alpha value is -0.570. The van der Waals surface area contributed by atoms with Crippen LogP contribution in [0.5, 0.6) is 0 Å². The Kier molecular flexibility index (Phi) is 4.39. The first-order valence-electron chi connectivity index (χ1n) is 5.69. The molecule has 3 heteroatoms. The van der Waals surface area contributed by atoms with E-state index < -0.39 is 0 Å². The van der Waals surface area contributed by atoms with Crippen molar-refractivity contribution in [2.45, 2.75) is 52.5 Å². The Balaban J connectivity index is 2.59. The monoisotopic (exact) mass is 197 g/mol. The number of aliphatic imine (C=N–C) groups is 1. The van der Waals surface area contributed by atoms with Gasteiger partial charge in [-0.1, -0.05) is 33.6 Å². The number of hydrogen-bond acceptors (Lipinski definition) is 2. The summed E-state index contributed by atoms with van der Waals surface area (Å²) in [5, 5.41) is 0. The maximum atomic E-state index is 5.51. The molecule has 0 heterocycles. The number of nitrogens with one attached hydrogen (secondary N) is 1. The highest BCUT2D eigenvalue weighted by molar-refractivity contribution is 5.84. The first-order valence-corrected chi connectivity index (χ1v) is 5.69. The van der Waals surface area contributed by atoms with Crippen LogP contribution in [-0.2, 0) is 0 Å². The topological polar surface area (TPSA) is 50.4 Å². The van der Waals surface area contributed by atoms with Crippen molar-refractivity contribution in [3.8, 4) is 0 Å². The van der Waals surface area contributed by atoms with Gasteiger partial charge in [0.1, 0.15) is 5.84 Å². The average Bonchev–Trinajstić information content (AvgIpc) is 2.65. The van der Waals surface area contributed by atoms with Crippen molar-refractivity contribution in [1.82, 2.24) is 5.43 Å². The van der Waals surface area contributed by atoms with Crippen molar-refractivity contribution in [3.63, 3.8) is 0 Å². The second-order valence-corrected chi connectivity index (χ2v) is 4.63. The standard InChI is InChI=1S/C11H23N3/c1-8(2)9(3)11(14-12)13-10-6-4-5-7-10/h8-10H,4-7,12H2,1-3H3,(H,13,14). The number of rotatable bonds is 3. The molecule has 0 radical (unpaired) electrons. The Morgan fingerprint density at radius 3 is 2.29 bits per heavy atom.